The van der Waals surface area contributed by atoms with E-state index in [2.05, 4.69) is 0 Å². The number of rotatable bonds is 4. The van der Waals surface area contributed by atoms with Crippen LogP contribution in [0.3, 0.4) is 0 Å². The summed E-state index contributed by atoms with van der Waals surface area (Å²) in [5.41, 5.74) is 3.12. The van der Waals surface area contributed by atoms with Crippen LogP contribution in [0.25, 0.3) is 0 Å². The normalized spacial score (nSPS) is 14.7. The highest BCUT2D eigenvalue weighted by molar-refractivity contribution is 7.85. The first kappa shape index (κ1) is 14.1. The minimum absolute atomic E-state index is 0.109. The highest BCUT2D eigenvalue weighted by Gasteiger charge is 2.16. The molecule has 0 saturated heterocycles. The third-order valence-electron chi connectivity index (χ3n) is 3.74. The van der Waals surface area contributed by atoms with E-state index < -0.39 is 16.6 Å². The van der Waals surface area contributed by atoms with Crippen molar-refractivity contribution in [1.29, 1.82) is 0 Å². The zero-order chi connectivity index (χ0) is 14.8. The molecule has 0 saturated carbocycles. The molecule has 4 heteroatoms. The number of aryl methyl sites for hydroxylation is 2. The number of Topliss-reactive ketones (excluding diaryl/α,β-unsaturated/α-hetero) is 1. The van der Waals surface area contributed by atoms with E-state index in [4.69, 9.17) is 0 Å². The fraction of sp³-hybridized carbons (Fsp3) is 0.235. The number of carbonyl (C=O) groups excluding carboxylic acids is 1. The van der Waals surface area contributed by atoms with Gasteiger partial charge in [-0.05, 0) is 54.7 Å². The molecule has 0 N–H and O–H groups in total. The van der Waals surface area contributed by atoms with Gasteiger partial charge >= 0.3 is 0 Å². The van der Waals surface area contributed by atoms with Gasteiger partial charge in [0.05, 0.1) is 16.6 Å². The van der Waals surface area contributed by atoms with E-state index in [0.29, 0.717) is 10.5 Å². The van der Waals surface area contributed by atoms with E-state index in [9.17, 15) is 13.4 Å². The number of ketones is 1. The fourth-order valence-corrected chi connectivity index (χ4v) is 3.69. The van der Waals surface area contributed by atoms with Gasteiger partial charge in [-0.25, -0.2) is 4.39 Å². The molecule has 1 atom stereocenters. The van der Waals surface area contributed by atoms with Crippen molar-refractivity contribution in [3.05, 3.63) is 65.0 Å². The minimum atomic E-state index is -1.51. The van der Waals surface area contributed by atoms with Crippen molar-refractivity contribution in [2.75, 3.05) is 5.75 Å². The van der Waals surface area contributed by atoms with Crippen LogP contribution < -0.4 is 0 Å². The third kappa shape index (κ3) is 3.10. The summed E-state index contributed by atoms with van der Waals surface area (Å²) >= 11 is 0. The lowest BCUT2D eigenvalue weighted by atomic mass is 10.0. The predicted octanol–water partition coefficient (Wildman–Crippen LogP) is 3.30. The van der Waals surface area contributed by atoms with Gasteiger partial charge in [-0.1, -0.05) is 18.2 Å². The van der Waals surface area contributed by atoms with Crippen LogP contribution in [0.1, 0.15) is 27.9 Å². The Hall–Kier alpha value is -1.81. The van der Waals surface area contributed by atoms with Crippen molar-refractivity contribution in [3.63, 3.8) is 0 Å². The summed E-state index contributed by atoms with van der Waals surface area (Å²) in [5, 5.41) is 0. The largest absolute Gasteiger partial charge is 0.293 e. The first-order valence-corrected chi connectivity index (χ1v) is 8.24. The Morgan fingerprint density at radius 3 is 2.71 bits per heavy atom. The van der Waals surface area contributed by atoms with E-state index in [-0.39, 0.29) is 11.5 Å². The number of halogens is 1. The van der Waals surface area contributed by atoms with Gasteiger partial charge in [-0.2, -0.15) is 0 Å². The van der Waals surface area contributed by atoms with Gasteiger partial charge < -0.3 is 0 Å². The van der Waals surface area contributed by atoms with Gasteiger partial charge in [0.1, 0.15) is 5.82 Å². The van der Waals surface area contributed by atoms with E-state index >= 15 is 0 Å². The zero-order valence-electron chi connectivity index (χ0n) is 11.5. The number of hydrogen-bond acceptors (Lipinski definition) is 2. The lowest BCUT2D eigenvalue weighted by molar-refractivity contribution is 0.102. The van der Waals surface area contributed by atoms with Crippen LogP contribution in [0.4, 0.5) is 4.39 Å². The molecule has 21 heavy (non-hydrogen) atoms. The van der Waals surface area contributed by atoms with E-state index in [1.165, 1.54) is 29.3 Å². The topological polar surface area (TPSA) is 34.1 Å². The summed E-state index contributed by atoms with van der Waals surface area (Å²) < 4.78 is 25.3. The summed E-state index contributed by atoms with van der Waals surface area (Å²) in [4.78, 5) is 12.6. The van der Waals surface area contributed by atoms with Gasteiger partial charge in [-0.15, -0.1) is 0 Å². The quantitative estimate of drug-likeness (QED) is 0.812. The molecule has 0 heterocycles. The zero-order valence-corrected chi connectivity index (χ0v) is 12.3. The Labute approximate surface area is 125 Å². The van der Waals surface area contributed by atoms with Crippen LogP contribution in [0.5, 0.6) is 0 Å². The Bertz CT molecular complexity index is 724. The maximum absolute atomic E-state index is 13.1. The van der Waals surface area contributed by atoms with E-state index in [0.717, 1.165) is 19.3 Å². The van der Waals surface area contributed by atoms with Gasteiger partial charge in [0.25, 0.3) is 0 Å². The van der Waals surface area contributed by atoms with Crippen molar-refractivity contribution in [1.82, 2.24) is 0 Å². The van der Waals surface area contributed by atoms with Crippen LogP contribution >= 0.6 is 0 Å². The van der Waals surface area contributed by atoms with E-state index in [1.54, 1.807) is 12.1 Å². The molecule has 1 aliphatic carbocycles. The number of carbonyl (C=O) groups is 1. The molecule has 0 amide bonds. The van der Waals surface area contributed by atoms with Crippen molar-refractivity contribution in [2.24, 2.45) is 0 Å². The molecule has 0 spiro atoms. The molecule has 2 aromatic carbocycles. The lowest BCUT2D eigenvalue weighted by Gasteiger charge is -2.05. The molecule has 0 bridgehead atoms. The molecule has 0 aliphatic heterocycles. The maximum Gasteiger partial charge on any atom is 0.175 e. The van der Waals surface area contributed by atoms with Crippen LogP contribution in [0.15, 0.2) is 47.4 Å². The first-order valence-electron chi connectivity index (χ1n) is 6.92. The highest BCUT2D eigenvalue weighted by Crippen LogP contribution is 2.23. The van der Waals surface area contributed by atoms with Crippen LogP contribution in [0, 0.1) is 5.82 Å². The monoisotopic (exact) mass is 302 g/mol. The molecule has 2 aromatic rings. The summed E-state index contributed by atoms with van der Waals surface area (Å²) in [5.74, 6) is -0.708. The van der Waals surface area contributed by atoms with Gasteiger partial charge in [0, 0.05) is 10.5 Å². The van der Waals surface area contributed by atoms with Gasteiger partial charge in [-0.3, -0.25) is 9.00 Å². The van der Waals surface area contributed by atoms with E-state index in [1.807, 2.05) is 12.1 Å². The summed E-state index contributed by atoms with van der Waals surface area (Å²) in [6, 6.07) is 11.3. The number of benzene rings is 2. The average Bonchev–Trinajstić information content (AvgIpc) is 2.94. The van der Waals surface area contributed by atoms with Crippen LogP contribution in [0.2, 0.25) is 0 Å². The Morgan fingerprint density at radius 1 is 1.10 bits per heavy atom. The predicted molar refractivity (Wildman–Crippen MR) is 80.5 cm³/mol. The second-order valence-corrected chi connectivity index (χ2v) is 6.66. The van der Waals surface area contributed by atoms with Crippen LogP contribution in [-0.2, 0) is 23.6 Å². The molecule has 1 unspecified atom stereocenters. The Kier molecular flexibility index (Phi) is 3.97. The smallest absolute Gasteiger partial charge is 0.175 e. The van der Waals surface area contributed by atoms with Gasteiger partial charge in [0.15, 0.2) is 5.78 Å². The Balaban J connectivity index is 1.76. The summed E-state index contributed by atoms with van der Waals surface area (Å²) in [6.07, 6.45) is 3.20. The molecular weight excluding hydrogens is 287 g/mol. The molecule has 2 nitrogen and oxygen atoms in total. The standard InChI is InChI=1S/C17H15FO2S/c18-15-5-2-6-16(10-15)21(20)11-17(19)14-8-7-12-3-1-4-13(12)9-14/h2,5-10H,1,3-4,11H2. The maximum atomic E-state index is 13.1. The number of fused-ring (bicyclic) bond motifs is 1. The van der Waals surface area contributed by atoms with Crippen molar-refractivity contribution in [3.8, 4) is 0 Å². The third-order valence-corrected chi connectivity index (χ3v) is 5.05. The van der Waals surface area contributed by atoms with Crippen molar-refractivity contribution >= 4 is 16.6 Å². The molecule has 0 aromatic heterocycles. The minimum Gasteiger partial charge on any atom is -0.293 e. The van der Waals surface area contributed by atoms with Crippen LogP contribution in [-0.4, -0.2) is 15.7 Å². The van der Waals surface area contributed by atoms with Crippen molar-refractivity contribution in [2.45, 2.75) is 24.2 Å². The SMILES string of the molecule is O=C(CS(=O)c1cccc(F)c1)c1ccc2c(c1)CCC2. The molecule has 108 valence electrons. The molecule has 0 radical (unpaired) electrons. The average molecular weight is 302 g/mol. The second kappa shape index (κ2) is 5.90. The summed E-state index contributed by atoms with van der Waals surface area (Å²) in [7, 11) is -1.51. The van der Waals surface area contributed by atoms with Crippen molar-refractivity contribution < 1.29 is 13.4 Å². The first-order chi connectivity index (χ1) is 10.1. The molecule has 1 aliphatic rings. The fourth-order valence-electron chi connectivity index (χ4n) is 2.64. The highest BCUT2D eigenvalue weighted by atomic mass is 32.2. The molecular formula is C17H15FO2S. The molecule has 3 rings (SSSR count). The second-order valence-electron chi connectivity index (χ2n) is 5.21. The lowest BCUT2D eigenvalue weighted by Crippen LogP contribution is -2.11. The number of hydrogen-bond donors (Lipinski definition) is 0. The van der Waals surface area contributed by atoms with Gasteiger partial charge in [0.2, 0.25) is 0 Å². The molecule has 0 fully saturated rings. The Morgan fingerprint density at radius 2 is 1.90 bits per heavy atom. The summed E-state index contributed by atoms with van der Waals surface area (Å²) in [6.45, 7) is 0.